The first-order valence-corrected chi connectivity index (χ1v) is 12.2. The van der Waals surface area contributed by atoms with Crippen LogP contribution in [0.4, 0.5) is 11.5 Å². The van der Waals surface area contributed by atoms with Crippen LogP contribution < -0.4 is 10.0 Å². The molecule has 0 fully saturated rings. The van der Waals surface area contributed by atoms with E-state index in [1.165, 1.54) is 59.5 Å². The number of hydrogen-bond acceptors (Lipinski definition) is 9. The fourth-order valence-electron chi connectivity index (χ4n) is 2.28. The quantitative estimate of drug-likeness (QED) is 0.464. The maximum absolute atomic E-state index is 12.6. The van der Waals surface area contributed by atoms with Crippen LogP contribution in [0, 0.1) is 6.92 Å². The Kier molecular flexibility index (Phi) is 7.23. The number of sulfonamides is 1. The predicted octanol–water partition coefficient (Wildman–Crippen LogP) is 3.60. The topological polar surface area (TPSA) is 127 Å². The molecule has 2 heterocycles. The van der Waals surface area contributed by atoms with Crippen molar-refractivity contribution in [2.45, 2.75) is 34.8 Å². The predicted molar refractivity (Wildman–Crippen MR) is 118 cm³/mol. The Labute approximate surface area is 186 Å². The maximum Gasteiger partial charge on any atom is 0.263 e. The van der Waals surface area contributed by atoms with E-state index in [2.05, 4.69) is 30.4 Å². The largest absolute Gasteiger partial charge is 0.325 e. The Morgan fingerprint density at radius 2 is 1.87 bits per heavy atom. The van der Waals surface area contributed by atoms with Gasteiger partial charge in [0.1, 0.15) is 5.01 Å². The van der Waals surface area contributed by atoms with Gasteiger partial charge < -0.3 is 5.32 Å². The lowest BCUT2D eigenvalue weighted by molar-refractivity contribution is -0.115. The molecule has 1 amide bonds. The number of nitrogens with zero attached hydrogens (tertiary/aromatic N) is 4. The number of halogens is 1. The maximum atomic E-state index is 12.6. The van der Waals surface area contributed by atoms with Crippen molar-refractivity contribution < 1.29 is 13.2 Å². The summed E-state index contributed by atoms with van der Waals surface area (Å²) in [5.74, 6) is -0.146. The molecule has 1 aromatic carbocycles. The Morgan fingerprint density at radius 1 is 1.13 bits per heavy atom. The van der Waals surface area contributed by atoms with Gasteiger partial charge in [0.15, 0.2) is 15.3 Å². The van der Waals surface area contributed by atoms with E-state index in [-0.39, 0.29) is 27.0 Å². The number of anilines is 2. The lowest BCUT2D eigenvalue weighted by Gasteiger charge is -2.13. The third-order valence-electron chi connectivity index (χ3n) is 3.72. The van der Waals surface area contributed by atoms with Crippen molar-refractivity contribution in [3.8, 4) is 0 Å². The Hall–Kier alpha value is -2.28. The number of benzene rings is 1. The molecule has 0 aliphatic heterocycles. The summed E-state index contributed by atoms with van der Waals surface area (Å²) in [6.45, 7) is 3.76. The zero-order chi connectivity index (χ0) is 21.7. The van der Waals surface area contributed by atoms with Crippen molar-refractivity contribution >= 4 is 62.1 Å². The fraction of sp³-hybridized carbons (Fsp3) is 0.235. The van der Waals surface area contributed by atoms with E-state index < -0.39 is 10.0 Å². The van der Waals surface area contributed by atoms with Gasteiger partial charge in [0, 0.05) is 5.69 Å². The minimum Gasteiger partial charge on any atom is -0.325 e. The van der Waals surface area contributed by atoms with Crippen molar-refractivity contribution in [3.05, 3.63) is 46.6 Å². The van der Waals surface area contributed by atoms with Crippen LogP contribution in [0.5, 0.6) is 0 Å². The lowest BCUT2D eigenvalue weighted by atomic mass is 10.3. The molecule has 158 valence electrons. The van der Waals surface area contributed by atoms with Crippen molar-refractivity contribution in [2.24, 2.45) is 0 Å². The van der Waals surface area contributed by atoms with Crippen LogP contribution in [-0.2, 0) is 14.8 Å². The third kappa shape index (κ3) is 5.88. The van der Waals surface area contributed by atoms with Crippen LogP contribution in [0.15, 0.2) is 45.6 Å². The van der Waals surface area contributed by atoms with Crippen molar-refractivity contribution in [1.29, 1.82) is 0 Å². The molecule has 0 saturated carbocycles. The number of amides is 1. The van der Waals surface area contributed by atoms with Crippen molar-refractivity contribution in [2.75, 3.05) is 10.0 Å². The van der Waals surface area contributed by atoms with Crippen molar-refractivity contribution in [3.63, 3.8) is 0 Å². The molecule has 0 bridgehead atoms. The second-order valence-corrected chi connectivity index (χ2v) is 10.7. The van der Waals surface area contributed by atoms with Crippen LogP contribution in [0.1, 0.15) is 18.4 Å². The number of thioether (sulfide) groups is 1. The van der Waals surface area contributed by atoms with Crippen molar-refractivity contribution in [1.82, 2.24) is 20.4 Å². The highest BCUT2D eigenvalue weighted by molar-refractivity contribution is 8.02. The van der Waals surface area contributed by atoms with Gasteiger partial charge in [-0.2, -0.15) is 0 Å². The minimum atomic E-state index is -3.86. The monoisotopic (exact) mass is 484 g/mol. The van der Waals surface area contributed by atoms with E-state index in [0.29, 0.717) is 12.1 Å². The summed E-state index contributed by atoms with van der Waals surface area (Å²) in [4.78, 5) is 12.6. The molecule has 30 heavy (non-hydrogen) atoms. The summed E-state index contributed by atoms with van der Waals surface area (Å²) in [7, 11) is -3.86. The molecular formula is C17H17ClN6O3S3. The average molecular weight is 485 g/mol. The van der Waals surface area contributed by atoms with E-state index in [1.54, 1.807) is 0 Å². The molecule has 13 heteroatoms. The third-order valence-corrected chi connectivity index (χ3v) is 7.58. The second-order valence-electron chi connectivity index (χ2n) is 5.96. The average Bonchev–Trinajstić information content (AvgIpc) is 3.13. The van der Waals surface area contributed by atoms with Crippen LogP contribution in [0.3, 0.4) is 0 Å². The first kappa shape index (κ1) is 22.4. The van der Waals surface area contributed by atoms with Gasteiger partial charge in [-0.25, -0.2) is 8.42 Å². The highest BCUT2D eigenvalue weighted by Crippen LogP contribution is 2.29. The number of aryl methyl sites for hydroxylation is 1. The van der Waals surface area contributed by atoms with Gasteiger partial charge in [-0.1, -0.05) is 41.6 Å². The molecular weight excluding hydrogens is 468 g/mol. The summed E-state index contributed by atoms with van der Waals surface area (Å²) >= 11 is 8.43. The van der Waals surface area contributed by atoms with Gasteiger partial charge in [-0.3, -0.25) is 9.52 Å². The number of aromatic nitrogens is 4. The standard InChI is InChI=1S/C17H17ClN6O3S3/c1-3-13(29-17-23-20-10(2)28-17)16(25)19-11-4-6-12(7-5-11)30(26,27)24-15-9-8-14(18)21-22-15/h4-9,13H,3H2,1-2H3,(H,19,25)(H,22,24). The zero-order valence-corrected chi connectivity index (χ0v) is 19.1. The van der Waals surface area contributed by atoms with E-state index in [9.17, 15) is 13.2 Å². The van der Waals surface area contributed by atoms with Gasteiger partial charge in [0.2, 0.25) is 5.91 Å². The first-order chi connectivity index (χ1) is 14.3. The summed E-state index contributed by atoms with van der Waals surface area (Å²) in [5, 5.41) is 18.7. The molecule has 1 atom stereocenters. The molecule has 3 aromatic rings. The molecule has 0 aliphatic carbocycles. The molecule has 0 radical (unpaired) electrons. The Morgan fingerprint density at radius 3 is 2.43 bits per heavy atom. The minimum absolute atomic E-state index is 0.0167. The Balaban J connectivity index is 1.65. The number of hydrogen-bond donors (Lipinski definition) is 2. The number of carbonyl (C=O) groups is 1. The molecule has 0 saturated heterocycles. The summed E-state index contributed by atoms with van der Waals surface area (Å²) in [5.41, 5.74) is 0.484. The van der Waals surface area contributed by atoms with Gasteiger partial charge in [-0.15, -0.1) is 20.4 Å². The lowest BCUT2D eigenvalue weighted by Crippen LogP contribution is -2.24. The highest BCUT2D eigenvalue weighted by Gasteiger charge is 2.21. The van der Waals surface area contributed by atoms with E-state index >= 15 is 0 Å². The van der Waals surface area contributed by atoms with Crippen LogP contribution >= 0.6 is 34.7 Å². The molecule has 0 aliphatic rings. The molecule has 1 unspecified atom stereocenters. The number of nitrogens with one attached hydrogen (secondary N) is 2. The van der Waals surface area contributed by atoms with Crippen LogP contribution in [0.25, 0.3) is 0 Å². The number of rotatable bonds is 8. The van der Waals surface area contributed by atoms with E-state index in [1.807, 2.05) is 13.8 Å². The summed E-state index contributed by atoms with van der Waals surface area (Å²) in [6, 6.07) is 8.66. The van der Waals surface area contributed by atoms with E-state index in [0.717, 1.165) is 9.35 Å². The summed E-state index contributed by atoms with van der Waals surface area (Å²) < 4.78 is 28.0. The molecule has 3 rings (SSSR count). The van der Waals surface area contributed by atoms with Crippen LogP contribution in [0.2, 0.25) is 5.15 Å². The van der Waals surface area contributed by atoms with Gasteiger partial charge in [0.25, 0.3) is 10.0 Å². The fourth-order valence-corrected chi connectivity index (χ4v) is 5.36. The highest BCUT2D eigenvalue weighted by atomic mass is 35.5. The SMILES string of the molecule is CCC(Sc1nnc(C)s1)C(=O)Nc1ccc(S(=O)(=O)Nc2ccc(Cl)nn2)cc1. The molecule has 0 spiro atoms. The van der Waals surface area contributed by atoms with Gasteiger partial charge in [0.05, 0.1) is 10.1 Å². The zero-order valence-electron chi connectivity index (χ0n) is 15.9. The second kappa shape index (κ2) is 9.69. The normalized spacial score (nSPS) is 12.4. The molecule has 2 N–H and O–H groups in total. The number of carbonyl (C=O) groups excluding carboxylic acids is 1. The Bertz CT molecular complexity index is 1120. The molecule has 2 aromatic heterocycles. The summed E-state index contributed by atoms with van der Waals surface area (Å²) in [6.07, 6.45) is 0.605. The van der Waals surface area contributed by atoms with Gasteiger partial charge >= 0.3 is 0 Å². The molecule has 9 nitrogen and oxygen atoms in total. The smallest absolute Gasteiger partial charge is 0.263 e. The van der Waals surface area contributed by atoms with E-state index in [4.69, 9.17) is 11.6 Å². The van der Waals surface area contributed by atoms with Gasteiger partial charge in [-0.05, 0) is 49.7 Å². The van der Waals surface area contributed by atoms with Crippen LogP contribution in [-0.4, -0.2) is 40.0 Å². The first-order valence-electron chi connectivity index (χ1n) is 8.66.